The first-order valence-corrected chi connectivity index (χ1v) is 6.56. The summed E-state index contributed by atoms with van der Waals surface area (Å²) in [4.78, 5) is 20.0. The van der Waals surface area contributed by atoms with Crippen LogP contribution < -0.4 is 5.73 Å². The van der Waals surface area contributed by atoms with Crippen LogP contribution in [0, 0.1) is 0 Å². The van der Waals surface area contributed by atoms with E-state index in [0.717, 1.165) is 15.9 Å². The number of carbonyl (C=O) groups excluding carboxylic acids is 1. The van der Waals surface area contributed by atoms with Crippen LogP contribution in [0.5, 0.6) is 0 Å². The molecule has 3 rings (SSSR count). The van der Waals surface area contributed by atoms with Gasteiger partial charge >= 0.3 is 0 Å². The summed E-state index contributed by atoms with van der Waals surface area (Å²) in [7, 11) is 0. The molecule has 0 amide bonds. The van der Waals surface area contributed by atoms with Gasteiger partial charge in [-0.1, -0.05) is 30.3 Å². The fourth-order valence-electron chi connectivity index (χ4n) is 1.81. The van der Waals surface area contributed by atoms with E-state index in [1.807, 2.05) is 48.5 Å². The van der Waals surface area contributed by atoms with Crippen LogP contribution in [0.4, 0.5) is 5.95 Å². The van der Waals surface area contributed by atoms with Crippen molar-refractivity contribution in [3.05, 3.63) is 54.1 Å². The summed E-state index contributed by atoms with van der Waals surface area (Å²) >= 11 is 1.19. The largest absolute Gasteiger partial charge is 0.369 e. The molecule has 4 nitrogen and oxygen atoms in total. The lowest BCUT2D eigenvalue weighted by Crippen LogP contribution is -1.91. The van der Waals surface area contributed by atoms with Crippen molar-refractivity contribution in [1.29, 1.82) is 0 Å². The first kappa shape index (κ1) is 11.8. The average molecular weight is 269 g/mol. The van der Waals surface area contributed by atoms with Crippen LogP contribution in [0.1, 0.15) is 10.4 Å². The van der Waals surface area contributed by atoms with Crippen LogP contribution in [0.15, 0.2) is 53.4 Å². The molecule has 0 spiro atoms. The standard InChI is InChI=1S/C14H11N3OS/c15-14-16-11-7-6-10(8-12(11)17-14)19-13(18)9-4-2-1-3-5-9/h1-8H,(H3,15,16,17). The fourth-order valence-corrected chi connectivity index (χ4v) is 2.59. The normalized spacial score (nSPS) is 10.7. The number of H-pyrrole nitrogens is 1. The predicted molar refractivity (Wildman–Crippen MR) is 77.1 cm³/mol. The molecule has 0 saturated carbocycles. The number of nitrogen functional groups attached to an aromatic ring is 1. The second-order valence-electron chi connectivity index (χ2n) is 4.06. The van der Waals surface area contributed by atoms with Gasteiger partial charge in [-0.25, -0.2) is 4.98 Å². The number of nitrogens with two attached hydrogens (primary N) is 1. The lowest BCUT2D eigenvalue weighted by atomic mass is 10.2. The summed E-state index contributed by atoms with van der Waals surface area (Å²) in [6, 6.07) is 14.8. The van der Waals surface area contributed by atoms with Crippen molar-refractivity contribution in [3.8, 4) is 0 Å². The summed E-state index contributed by atoms with van der Waals surface area (Å²) in [5.74, 6) is 0.381. The van der Waals surface area contributed by atoms with Gasteiger partial charge < -0.3 is 10.7 Å². The van der Waals surface area contributed by atoms with Crippen LogP contribution in [0.3, 0.4) is 0 Å². The summed E-state index contributed by atoms with van der Waals surface area (Å²) < 4.78 is 0. The van der Waals surface area contributed by atoms with E-state index in [2.05, 4.69) is 9.97 Å². The van der Waals surface area contributed by atoms with Gasteiger partial charge in [-0.3, -0.25) is 4.79 Å². The monoisotopic (exact) mass is 269 g/mol. The molecule has 19 heavy (non-hydrogen) atoms. The van der Waals surface area contributed by atoms with E-state index in [1.165, 1.54) is 11.8 Å². The Kier molecular flexibility index (Phi) is 2.97. The molecule has 0 atom stereocenters. The molecule has 0 saturated heterocycles. The minimum absolute atomic E-state index is 0.0208. The molecule has 3 N–H and O–H groups in total. The van der Waals surface area contributed by atoms with Crippen molar-refractivity contribution < 1.29 is 4.79 Å². The van der Waals surface area contributed by atoms with Gasteiger partial charge in [0, 0.05) is 10.5 Å². The zero-order valence-corrected chi connectivity index (χ0v) is 10.8. The number of thioether (sulfide) groups is 1. The number of nitrogens with one attached hydrogen (secondary N) is 1. The number of anilines is 1. The first-order valence-electron chi connectivity index (χ1n) is 5.75. The maximum Gasteiger partial charge on any atom is 0.224 e. The van der Waals surface area contributed by atoms with Crippen LogP contribution >= 0.6 is 11.8 Å². The third-order valence-corrected chi connectivity index (χ3v) is 3.60. The van der Waals surface area contributed by atoms with Crippen molar-refractivity contribution in [2.45, 2.75) is 4.90 Å². The summed E-state index contributed by atoms with van der Waals surface area (Å²) in [6.07, 6.45) is 0. The van der Waals surface area contributed by atoms with Gasteiger partial charge in [-0.2, -0.15) is 0 Å². The molecule has 1 heterocycles. The molecule has 0 aliphatic heterocycles. The van der Waals surface area contributed by atoms with Crippen molar-refractivity contribution in [2.75, 3.05) is 5.73 Å². The number of hydrogen-bond acceptors (Lipinski definition) is 4. The van der Waals surface area contributed by atoms with Gasteiger partial charge in [0.1, 0.15) is 0 Å². The van der Waals surface area contributed by atoms with E-state index in [4.69, 9.17) is 5.73 Å². The van der Waals surface area contributed by atoms with E-state index in [0.29, 0.717) is 11.5 Å². The van der Waals surface area contributed by atoms with Crippen LogP contribution in [0.2, 0.25) is 0 Å². The van der Waals surface area contributed by atoms with Gasteiger partial charge in [-0.15, -0.1) is 0 Å². The smallest absolute Gasteiger partial charge is 0.224 e. The molecule has 5 heteroatoms. The van der Waals surface area contributed by atoms with E-state index in [-0.39, 0.29) is 5.12 Å². The van der Waals surface area contributed by atoms with E-state index in [1.54, 1.807) is 0 Å². The zero-order chi connectivity index (χ0) is 13.2. The first-order chi connectivity index (χ1) is 9.22. The molecule has 94 valence electrons. The van der Waals surface area contributed by atoms with Crippen molar-refractivity contribution in [3.63, 3.8) is 0 Å². The van der Waals surface area contributed by atoms with Gasteiger partial charge in [-0.05, 0) is 30.0 Å². The number of hydrogen-bond donors (Lipinski definition) is 2. The molecule has 3 aromatic rings. The Morgan fingerprint density at radius 2 is 1.95 bits per heavy atom. The second kappa shape index (κ2) is 4.78. The Morgan fingerprint density at radius 1 is 1.16 bits per heavy atom. The average Bonchev–Trinajstić information content (AvgIpc) is 2.79. The van der Waals surface area contributed by atoms with Crippen molar-refractivity contribution in [2.24, 2.45) is 0 Å². The molecule has 2 aromatic carbocycles. The minimum atomic E-state index is 0.0208. The number of benzene rings is 2. The topological polar surface area (TPSA) is 71.8 Å². The lowest BCUT2D eigenvalue weighted by molar-refractivity contribution is 0.108. The molecule has 1 aromatic heterocycles. The fraction of sp³-hybridized carbons (Fsp3) is 0. The highest BCUT2D eigenvalue weighted by atomic mass is 32.2. The Balaban J connectivity index is 1.87. The maximum absolute atomic E-state index is 12.1. The SMILES string of the molecule is Nc1nc2ccc(SC(=O)c3ccccc3)cc2[nH]1. The van der Waals surface area contributed by atoms with Gasteiger partial charge in [0.05, 0.1) is 11.0 Å². The predicted octanol–water partition coefficient (Wildman–Crippen LogP) is 3.08. The van der Waals surface area contributed by atoms with Crippen LogP contribution in [-0.4, -0.2) is 15.1 Å². The molecule has 0 unspecified atom stereocenters. The Labute approximate surface area is 114 Å². The molecule has 0 fully saturated rings. The highest BCUT2D eigenvalue weighted by Crippen LogP contribution is 2.26. The number of imidazole rings is 1. The Morgan fingerprint density at radius 3 is 2.74 bits per heavy atom. The third kappa shape index (κ3) is 2.46. The van der Waals surface area contributed by atoms with Crippen LogP contribution in [0.25, 0.3) is 11.0 Å². The quantitative estimate of drug-likeness (QED) is 0.701. The lowest BCUT2D eigenvalue weighted by Gasteiger charge is -2.00. The van der Waals surface area contributed by atoms with E-state index >= 15 is 0 Å². The maximum atomic E-state index is 12.1. The number of nitrogens with zero attached hydrogens (tertiary/aromatic N) is 1. The van der Waals surface area contributed by atoms with E-state index < -0.39 is 0 Å². The third-order valence-electron chi connectivity index (χ3n) is 2.69. The van der Waals surface area contributed by atoms with Gasteiger partial charge in [0.25, 0.3) is 0 Å². The van der Waals surface area contributed by atoms with Gasteiger partial charge in [0.2, 0.25) is 5.12 Å². The van der Waals surface area contributed by atoms with Crippen LogP contribution in [-0.2, 0) is 0 Å². The van der Waals surface area contributed by atoms with Crippen molar-refractivity contribution >= 4 is 33.9 Å². The minimum Gasteiger partial charge on any atom is -0.369 e. The molecular weight excluding hydrogens is 258 g/mol. The number of aromatic nitrogens is 2. The number of rotatable bonds is 2. The zero-order valence-electron chi connectivity index (χ0n) is 9.96. The highest BCUT2D eigenvalue weighted by Gasteiger charge is 2.09. The number of aromatic amines is 1. The summed E-state index contributed by atoms with van der Waals surface area (Å²) in [6.45, 7) is 0. The molecule has 0 aliphatic carbocycles. The summed E-state index contributed by atoms with van der Waals surface area (Å²) in [5, 5.41) is 0.0208. The van der Waals surface area contributed by atoms with Crippen molar-refractivity contribution in [1.82, 2.24) is 9.97 Å². The molecular formula is C14H11N3OS. The molecule has 0 aliphatic rings. The van der Waals surface area contributed by atoms with E-state index in [9.17, 15) is 4.79 Å². The Hall–Kier alpha value is -2.27. The number of carbonyl (C=O) groups is 1. The van der Waals surface area contributed by atoms with Gasteiger partial charge in [0.15, 0.2) is 5.95 Å². The number of fused-ring (bicyclic) bond motifs is 1. The summed E-state index contributed by atoms with van der Waals surface area (Å²) in [5.41, 5.74) is 7.92. The molecule has 0 bridgehead atoms. The second-order valence-corrected chi connectivity index (χ2v) is 5.10. The highest BCUT2D eigenvalue weighted by molar-refractivity contribution is 8.14. The molecule has 0 radical (unpaired) electrons. The Bertz CT molecular complexity index is 737.